The minimum atomic E-state index is -0.345. The molecule has 0 amide bonds. The number of hydrogen-bond donors (Lipinski definition) is 0. The van der Waals surface area contributed by atoms with E-state index in [2.05, 4.69) is 6.07 Å². The molecule has 3 aromatic rings. The summed E-state index contributed by atoms with van der Waals surface area (Å²) in [7, 11) is 3.25. The molecule has 0 saturated carbocycles. The van der Waals surface area contributed by atoms with Gasteiger partial charge in [0.1, 0.15) is 0 Å². The number of benzene rings is 3. The lowest BCUT2D eigenvalue weighted by atomic mass is 9.93. The largest absolute Gasteiger partial charge is 0.493 e. The van der Waals surface area contributed by atoms with Gasteiger partial charge in [0.2, 0.25) is 0 Å². The van der Waals surface area contributed by atoms with Crippen molar-refractivity contribution in [1.82, 2.24) is 0 Å². The van der Waals surface area contributed by atoms with Crippen molar-refractivity contribution in [3.63, 3.8) is 0 Å². The number of para-hydroxylation sites is 1. The lowest BCUT2D eigenvalue weighted by Crippen LogP contribution is -2.22. The fourth-order valence-electron chi connectivity index (χ4n) is 4.07. The molecule has 0 saturated heterocycles. The van der Waals surface area contributed by atoms with Crippen LogP contribution < -0.4 is 9.47 Å². The van der Waals surface area contributed by atoms with Gasteiger partial charge in [-0.1, -0.05) is 42.5 Å². The fourth-order valence-corrected chi connectivity index (χ4v) is 5.40. The molecule has 29 heavy (non-hydrogen) atoms. The molecule has 0 fully saturated rings. The Morgan fingerprint density at radius 2 is 1.59 bits per heavy atom. The summed E-state index contributed by atoms with van der Waals surface area (Å²) >= 11 is 1.68. The number of ketones is 1. The highest BCUT2D eigenvalue weighted by Crippen LogP contribution is 2.52. The lowest BCUT2D eigenvalue weighted by Gasteiger charge is -2.22. The smallest absolute Gasteiger partial charge is 0.174 e. The standard InChI is InChI=1S/C24H19NO3S/c1-27-18-12-11-14(13-19(18)28-2)24-21-22(15-7-3-4-8-16(15)23(21)26)25-17-9-5-6-10-20(17)29-24/h3-13,21,24H,1-2H3/t21-,24+/m0/s1. The number of nitrogens with zero attached hydrogens (tertiary/aromatic N) is 1. The second-order valence-corrected chi connectivity index (χ2v) is 8.19. The zero-order chi connectivity index (χ0) is 20.0. The molecule has 5 rings (SSSR count). The zero-order valence-corrected chi connectivity index (χ0v) is 16.9. The van der Waals surface area contributed by atoms with Crippen molar-refractivity contribution in [3.8, 4) is 11.5 Å². The van der Waals surface area contributed by atoms with Crippen LogP contribution in [0.2, 0.25) is 0 Å². The molecule has 0 spiro atoms. The Morgan fingerprint density at radius 1 is 0.862 bits per heavy atom. The maximum absolute atomic E-state index is 13.4. The third-order valence-electron chi connectivity index (χ3n) is 5.44. The summed E-state index contributed by atoms with van der Waals surface area (Å²) in [6.45, 7) is 0. The molecule has 5 heteroatoms. The van der Waals surface area contributed by atoms with E-state index in [1.165, 1.54) is 0 Å². The highest BCUT2D eigenvalue weighted by Gasteiger charge is 2.44. The molecule has 0 radical (unpaired) electrons. The van der Waals surface area contributed by atoms with Gasteiger partial charge in [-0.2, -0.15) is 0 Å². The van der Waals surface area contributed by atoms with Crippen LogP contribution in [0.15, 0.2) is 76.6 Å². The molecule has 1 aliphatic carbocycles. The predicted octanol–water partition coefficient (Wildman–Crippen LogP) is 5.48. The van der Waals surface area contributed by atoms with E-state index >= 15 is 0 Å². The van der Waals surface area contributed by atoms with Gasteiger partial charge in [-0.15, -0.1) is 11.8 Å². The van der Waals surface area contributed by atoms with Crippen molar-refractivity contribution in [2.45, 2.75) is 10.1 Å². The number of Topliss-reactive ketones (excluding diaryl/α,β-unsaturated/α-hetero) is 1. The van der Waals surface area contributed by atoms with Crippen LogP contribution in [-0.2, 0) is 0 Å². The van der Waals surface area contributed by atoms with Crippen molar-refractivity contribution in [2.75, 3.05) is 14.2 Å². The van der Waals surface area contributed by atoms with Crippen LogP contribution in [0.4, 0.5) is 5.69 Å². The molecular weight excluding hydrogens is 382 g/mol. The van der Waals surface area contributed by atoms with Gasteiger partial charge in [-0.25, -0.2) is 0 Å². The van der Waals surface area contributed by atoms with E-state index < -0.39 is 0 Å². The first-order valence-electron chi connectivity index (χ1n) is 9.41. The first-order valence-corrected chi connectivity index (χ1v) is 10.3. The molecular formula is C24H19NO3S. The van der Waals surface area contributed by atoms with Crippen molar-refractivity contribution in [1.29, 1.82) is 0 Å². The highest BCUT2D eigenvalue weighted by molar-refractivity contribution is 7.99. The Balaban J connectivity index is 1.71. The van der Waals surface area contributed by atoms with Crippen molar-refractivity contribution >= 4 is 28.9 Å². The summed E-state index contributed by atoms with van der Waals surface area (Å²) in [4.78, 5) is 19.5. The van der Waals surface area contributed by atoms with Crippen molar-refractivity contribution in [3.05, 3.63) is 83.4 Å². The van der Waals surface area contributed by atoms with Crippen LogP contribution in [0.3, 0.4) is 0 Å². The van der Waals surface area contributed by atoms with E-state index in [0.29, 0.717) is 11.5 Å². The number of hydrogen-bond acceptors (Lipinski definition) is 5. The summed E-state index contributed by atoms with van der Waals surface area (Å²) < 4.78 is 10.9. The molecule has 0 unspecified atom stereocenters. The first kappa shape index (κ1) is 18.0. The highest BCUT2D eigenvalue weighted by atomic mass is 32.2. The van der Waals surface area contributed by atoms with E-state index in [9.17, 15) is 4.79 Å². The summed E-state index contributed by atoms with van der Waals surface area (Å²) in [6.07, 6.45) is 0. The second-order valence-electron chi connectivity index (χ2n) is 7.01. The molecule has 144 valence electrons. The maximum Gasteiger partial charge on any atom is 0.174 e. The van der Waals surface area contributed by atoms with Crippen molar-refractivity contribution < 1.29 is 14.3 Å². The van der Waals surface area contributed by atoms with Crippen LogP contribution in [0.5, 0.6) is 11.5 Å². The molecule has 2 atom stereocenters. The second kappa shape index (κ2) is 7.08. The number of ether oxygens (including phenoxy) is 2. The lowest BCUT2D eigenvalue weighted by molar-refractivity contribution is 0.0960. The average molecular weight is 401 g/mol. The summed E-state index contributed by atoms with van der Waals surface area (Å²) in [6, 6.07) is 21.7. The normalized spacial score (nSPS) is 19.5. The number of thioether (sulfide) groups is 1. The fraction of sp³-hybridized carbons (Fsp3) is 0.167. The molecule has 0 aromatic heterocycles. The van der Waals surface area contributed by atoms with Gasteiger partial charge in [0.05, 0.1) is 36.8 Å². The van der Waals surface area contributed by atoms with Crippen molar-refractivity contribution in [2.24, 2.45) is 10.9 Å². The predicted molar refractivity (Wildman–Crippen MR) is 115 cm³/mol. The van der Waals surface area contributed by atoms with Gasteiger partial charge in [-0.3, -0.25) is 9.79 Å². The molecule has 0 bridgehead atoms. The topological polar surface area (TPSA) is 47.9 Å². The van der Waals surface area contributed by atoms with Gasteiger partial charge < -0.3 is 9.47 Å². The van der Waals surface area contributed by atoms with E-state index in [4.69, 9.17) is 14.5 Å². The number of aliphatic imine (C=N–C) groups is 1. The Hall–Kier alpha value is -3.05. The number of rotatable bonds is 3. The van der Waals surface area contributed by atoms with E-state index in [1.807, 2.05) is 60.7 Å². The molecule has 4 nitrogen and oxygen atoms in total. The Kier molecular flexibility index (Phi) is 4.40. The molecule has 1 aliphatic heterocycles. The third kappa shape index (κ3) is 2.85. The van der Waals surface area contributed by atoms with E-state index in [1.54, 1.807) is 26.0 Å². The zero-order valence-electron chi connectivity index (χ0n) is 16.1. The number of methoxy groups -OCH3 is 2. The number of fused-ring (bicyclic) bond motifs is 4. The Labute approximate surface area is 173 Å². The van der Waals surface area contributed by atoms with Gasteiger partial charge in [-0.05, 0) is 29.8 Å². The van der Waals surface area contributed by atoms with Crippen LogP contribution in [0.25, 0.3) is 0 Å². The first-order chi connectivity index (χ1) is 14.2. The third-order valence-corrected chi connectivity index (χ3v) is 6.84. The summed E-state index contributed by atoms with van der Waals surface area (Å²) in [5, 5.41) is -0.114. The Morgan fingerprint density at radius 3 is 2.38 bits per heavy atom. The quantitative estimate of drug-likeness (QED) is 0.583. The molecule has 3 aromatic carbocycles. The molecule has 1 heterocycles. The Bertz CT molecular complexity index is 1150. The monoisotopic (exact) mass is 401 g/mol. The van der Waals surface area contributed by atoms with Crippen LogP contribution in [-0.4, -0.2) is 25.7 Å². The van der Waals surface area contributed by atoms with Gasteiger partial charge >= 0.3 is 0 Å². The molecule has 2 aliphatic rings. The van der Waals surface area contributed by atoms with Gasteiger partial charge in [0.25, 0.3) is 0 Å². The van der Waals surface area contributed by atoms with E-state index in [0.717, 1.165) is 33.0 Å². The average Bonchev–Trinajstić information content (AvgIpc) is 2.93. The van der Waals surface area contributed by atoms with E-state index in [-0.39, 0.29) is 17.0 Å². The van der Waals surface area contributed by atoms with Gasteiger partial charge in [0, 0.05) is 16.0 Å². The summed E-state index contributed by atoms with van der Waals surface area (Å²) in [5.41, 5.74) is 4.46. The SMILES string of the molecule is COc1ccc([C@H]2Sc3ccccc3N=C3c4ccccc4C(=O)[C@H]32)cc1OC. The summed E-state index contributed by atoms with van der Waals surface area (Å²) in [5.74, 6) is 1.11. The van der Waals surface area contributed by atoms with Crippen LogP contribution in [0.1, 0.15) is 26.7 Å². The van der Waals surface area contributed by atoms with Gasteiger partial charge in [0.15, 0.2) is 17.3 Å². The minimum absolute atomic E-state index is 0.114. The number of carbonyl (C=O) groups excluding carboxylic acids is 1. The minimum Gasteiger partial charge on any atom is -0.493 e. The van der Waals surface area contributed by atoms with Crippen LogP contribution >= 0.6 is 11.8 Å². The maximum atomic E-state index is 13.4. The number of carbonyl (C=O) groups is 1. The van der Waals surface area contributed by atoms with Crippen LogP contribution in [0, 0.1) is 5.92 Å². The molecule has 0 N–H and O–H groups in total.